The third-order valence-corrected chi connectivity index (χ3v) is 1.21. The number of hydrogen-bond donors (Lipinski definition) is 0. The van der Waals surface area contributed by atoms with Crippen molar-refractivity contribution in [1.82, 2.24) is 0 Å². The van der Waals surface area contributed by atoms with E-state index in [9.17, 15) is 0 Å². The minimum Gasteiger partial charge on any atom is -0.147 e. The van der Waals surface area contributed by atoms with Crippen molar-refractivity contribution in [2.45, 2.75) is 46.0 Å². The zero-order chi connectivity index (χ0) is 5.54. The summed E-state index contributed by atoms with van der Waals surface area (Å²) in [6.45, 7) is 4.49. The zero-order valence-electron chi connectivity index (χ0n) is 5.94. The van der Waals surface area contributed by atoms with Crippen molar-refractivity contribution >= 4 is 35.5 Å². The third-order valence-electron chi connectivity index (χ3n) is 1.21. The highest BCUT2D eigenvalue weighted by molar-refractivity contribution is 5.85. The Kier molecular flexibility index (Phi) is 29.5. The Bertz CT molecular complexity index is 28.1. The minimum absolute atomic E-state index is 0. The fraction of sp³-hybridized carbons (Fsp3) is 1.00. The maximum Gasteiger partial charge on any atom is 0.316 e. The molecule has 0 bridgehead atoms. The van der Waals surface area contributed by atoms with Gasteiger partial charge in [-0.15, -0.1) is 12.4 Å². The topological polar surface area (TPSA) is 0 Å². The van der Waals surface area contributed by atoms with E-state index in [2.05, 4.69) is 13.8 Å². The molecular weight excluding hydrogens is 144 g/mol. The largest absolute Gasteiger partial charge is 0.316 e. The summed E-state index contributed by atoms with van der Waals surface area (Å²) in [7, 11) is 0. The predicted octanol–water partition coefficient (Wildman–Crippen LogP) is 2.48. The second-order valence-corrected chi connectivity index (χ2v) is 2.06. The summed E-state index contributed by atoms with van der Waals surface area (Å²) in [6, 6.07) is 0. The summed E-state index contributed by atoms with van der Waals surface area (Å²) in [5.74, 6) is 0. The monoisotopic (exact) mass is 162 g/mol. The van der Waals surface area contributed by atoms with Gasteiger partial charge in [0.05, 0.1) is 0 Å². The molecule has 2 heteroatoms. The first-order valence-corrected chi connectivity index (χ1v) is 3.41. The maximum absolute atomic E-state index is 2.25. The molecule has 0 atom stereocenters. The van der Waals surface area contributed by atoms with Crippen LogP contribution in [0.4, 0.5) is 0 Å². The molecule has 0 rings (SSSR count). The lowest BCUT2D eigenvalue weighted by Gasteiger charge is -1.90. The van der Waals surface area contributed by atoms with E-state index in [4.69, 9.17) is 0 Å². The third kappa shape index (κ3) is 17.6. The number of halogens is 1. The van der Waals surface area contributed by atoms with Gasteiger partial charge in [0, 0.05) is 0 Å². The van der Waals surface area contributed by atoms with Crippen molar-refractivity contribution in [3.8, 4) is 0 Å². The Balaban J connectivity index is -0.000000180. The van der Waals surface area contributed by atoms with Gasteiger partial charge in [-0.05, 0) is 0 Å². The smallest absolute Gasteiger partial charge is 0.147 e. The van der Waals surface area contributed by atoms with Gasteiger partial charge in [0.2, 0.25) is 0 Å². The lowest BCUT2D eigenvalue weighted by atomic mass is 10.2. The fourth-order valence-electron chi connectivity index (χ4n) is 0.677. The van der Waals surface area contributed by atoms with Crippen LogP contribution in [0.15, 0.2) is 0 Å². The number of rotatable bonds is 4. The first-order chi connectivity index (χ1) is 3.41. The number of hydrogen-bond acceptors (Lipinski definition) is 0. The summed E-state index contributed by atoms with van der Waals surface area (Å²) in [5, 5.41) is 0. The Labute approximate surface area is 81.4 Å². The van der Waals surface area contributed by atoms with E-state index in [-0.39, 0.29) is 35.5 Å². The quantitative estimate of drug-likeness (QED) is 0.441. The van der Waals surface area contributed by atoms with E-state index in [1.54, 1.807) is 0 Å². The molecule has 0 aliphatic rings. The lowest BCUT2D eigenvalue weighted by molar-refractivity contribution is 0.656. The highest BCUT2D eigenvalue weighted by Gasteiger charge is 1.80. The van der Waals surface area contributed by atoms with Crippen molar-refractivity contribution < 1.29 is 0 Å². The summed E-state index contributed by atoms with van der Waals surface area (Å²) in [5.41, 5.74) is 0. The minimum atomic E-state index is 0. The van der Waals surface area contributed by atoms with Gasteiger partial charge < -0.3 is 0 Å². The molecule has 0 saturated carbocycles. The van der Waals surface area contributed by atoms with Gasteiger partial charge in [0.25, 0.3) is 0 Å². The van der Waals surface area contributed by atoms with Crippen LogP contribution in [0.1, 0.15) is 46.0 Å². The van der Waals surface area contributed by atoms with Crippen LogP contribution in [0.3, 0.4) is 0 Å². The van der Waals surface area contributed by atoms with Gasteiger partial charge in [-0.2, -0.15) is 0 Å². The summed E-state index contributed by atoms with van der Waals surface area (Å²) in [6.07, 6.45) is 7.01. The molecule has 56 valence electrons. The van der Waals surface area contributed by atoms with Crippen molar-refractivity contribution in [2.24, 2.45) is 0 Å². The SMILES string of the molecule is CCCCCCC.Cl.[MgH2]. The van der Waals surface area contributed by atoms with Crippen molar-refractivity contribution in [2.75, 3.05) is 0 Å². The van der Waals surface area contributed by atoms with Crippen LogP contribution < -0.4 is 0 Å². The molecular formula is C7H19ClMg. The maximum atomic E-state index is 2.25. The normalized spacial score (nSPS) is 7.33. The van der Waals surface area contributed by atoms with Crippen LogP contribution in [0, 0.1) is 0 Å². The number of unbranched alkanes of at least 4 members (excludes halogenated alkanes) is 4. The molecule has 0 fully saturated rings. The average Bonchev–Trinajstić information content (AvgIpc) is 1.69. The summed E-state index contributed by atoms with van der Waals surface area (Å²) in [4.78, 5) is 0. The zero-order valence-corrected chi connectivity index (χ0v) is 6.76. The van der Waals surface area contributed by atoms with Crippen LogP contribution in [0.2, 0.25) is 0 Å². The van der Waals surface area contributed by atoms with E-state index < -0.39 is 0 Å². The highest BCUT2D eigenvalue weighted by atomic mass is 35.5. The molecule has 0 amide bonds. The van der Waals surface area contributed by atoms with Gasteiger partial charge in [0.15, 0.2) is 0 Å². The second-order valence-electron chi connectivity index (χ2n) is 2.06. The Morgan fingerprint density at radius 3 is 1.33 bits per heavy atom. The van der Waals surface area contributed by atoms with E-state index in [0.717, 1.165) is 0 Å². The first-order valence-electron chi connectivity index (χ1n) is 3.41. The average molecular weight is 163 g/mol. The Morgan fingerprint density at radius 1 is 0.778 bits per heavy atom. The molecule has 0 aromatic rings. The van der Waals surface area contributed by atoms with Gasteiger partial charge in [-0.1, -0.05) is 46.0 Å². The van der Waals surface area contributed by atoms with Gasteiger partial charge >= 0.3 is 23.1 Å². The van der Waals surface area contributed by atoms with Crippen molar-refractivity contribution in [3.63, 3.8) is 0 Å². The molecule has 0 saturated heterocycles. The fourth-order valence-corrected chi connectivity index (χ4v) is 0.677. The molecule has 0 N–H and O–H groups in total. The van der Waals surface area contributed by atoms with Crippen LogP contribution >= 0.6 is 12.4 Å². The van der Waals surface area contributed by atoms with Crippen LogP contribution in [-0.4, -0.2) is 23.1 Å². The second kappa shape index (κ2) is 16.0. The van der Waals surface area contributed by atoms with Gasteiger partial charge in [0.1, 0.15) is 0 Å². The molecule has 0 aromatic heterocycles. The summed E-state index contributed by atoms with van der Waals surface area (Å²) >= 11 is 0. The Morgan fingerprint density at radius 2 is 1.11 bits per heavy atom. The van der Waals surface area contributed by atoms with E-state index in [1.807, 2.05) is 0 Å². The van der Waals surface area contributed by atoms with E-state index in [0.29, 0.717) is 0 Å². The summed E-state index contributed by atoms with van der Waals surface area (Å²) < 4.78 is 0. The molecule has 0 aliphatic carbocycles. The van der Waals surface area contributed by atoms with Gasteiger partial charge in [-0.3, -0.25) is 0 Å². The molecule has 0 aromatic carbocycles. The van der Waals surface area contributed by atoms with E-state index >= 15 is 0 Å². The molecule has 0 nitrogen and oxygen atoms in total. The Hall–Kier alpha value is 1.06. The molecule has 0 aliphatic heterocycles. The van der Waals surface area contributed by atoms with Crippen molar-refractivity contribution in [1.29, 1.82) is 0 Å². The van der Waals surface area contributed by atoms with Crippen LogP contribution in [-0.2, 0) is 0 Å². The molecule has 9 heavy (non-hydrogen) atoms. The first kappa shape index (κ1) is 16.6. The van der Waals surface area contributed by atoms with Gasteiger partial charge in [-0.25, -0.2) is 0 Å². The lowest BCUT2D eigenvalue weighted by Crippen LogP contribution is -1.70. The highest BCUT2D eigenvalue weighted by Crippen LogP contribution is 2.00. The standard InChI is InChI=1S/C7H16.ClH.Mg.2H/c1-3-5-7-6-4-2;;;;/h3-7H2,1-2H3;1H;;;. The predicted molar refractivity (Wildman–Crippen MR) is 50.2 cm³/mol. The van der Waals surface area contributed by atoms with Crippen LogP contribution in [0.25, 0.3) is 0 Å². The van der Waals surface area contributed by atoms with E-state index in [1.165, 1.54) is 32.1 Å². The van der Waals surface area contributed by atoms with Crippen LogP contribution in [0.5, 0.6) is 0 Å². The molecule has 0 radical (unpaired) electrons. The van der Waals surface area contributed by atoms with Crippen molar-refractivity contribution in [3.05, 3.63) is 0 Å². The molecule has 0 unspecified atom stereocenters. The molecule has 0 spiro atoms. The molecule has 0 heterocycles.